The van der Waals surface area contributed by atoms with E-state index in [4.69, 9.17) is 0 Å². The van der Waals surface area contributed by atoms with Crippen molar-refractivity contribution < 1.29 is 9.90 Å². The normalized spacial score (nSPS) is 21.8. The van der Waals surface area contributed by atoms with Crippen LogP contribution in [-0.4, -0.2) is 59.4 Å². The van der Waals surface area contributed by atoms with E-state index in [0.717, 1.165) is 6.42 Å². The standard InChI is InChI=1S/C15H22N6O2/c1-12(2)21-8-4-13(17-21)14(22)19-7-3-5-15(23,10-19)11-20-9-6-16-18-20/h4,6,8-9,12,23H,3,5,7,10-11H2,1-2H3. The van der Waals surface area contributed by atoms with Gasteiger partial charge in [0, 0.05) is 25.0 Å². The first-order chi connectivity index (χ1) is 11.0. The van der Waals surface area contributed by atoms with E-state index in [2.05, 4.69) is 15.4 Å². The van der Waals surface area contributed by atoms with Gasteiger partial charge in [0.2, 0.25) is 0 Å². The Bertz CT molecular complexity index is 665. The number of aliphatic hydroxyl groups is 1. The first-order valence-corrected chi connectivity index (χ1v) is 7.88. The van der Waals surface area contributed by atoms with E-state index in [1.165, 1.54) is 0 Å². The van der Waals surface area contributed by atoms with Crippen molar-refractivity contribution in [2.45, 2.75) is 44.9 Å². The van der Waals surface area contributed by atoms with E-state index >= 15 is 0 Å². The molecule has 0 radical (unpaired) electrons. The third-order valence-corrected chi connectivity index (χ3v) is 4.13. The number of rotatable bonds is 4. The predicted octanol–water partition coefficient (Wildman–Crippen LogP) is 0.723. The molecule has 0 aromatic carbocycles. The second-order valence-electron chi connectivity index (χ2n) is 6.43. The quantitative estimate of drug-likeness (QED) is 0.897. The van der Waals surface area contributed by atoms with Crippen molar-refractivity contribution in [3.05, 3.63) is 30.4 Å². The van der Waals surface area contributed by atoms with Gasteiger partial charge in [-0.15, -0.1) is 5.10 Å². The Morgan fingerprint density at radius 3 is 2.91 bits per heavy atom. The van der Waals surface area contributed by atoms with Gasteiger partial charge in [-0.05, 0) is 32.8 Å². The molecule has 124 valence electrons. The molecule has 3 rings (SSSR count). The third kappa shape index (κ3) is 3.42. The SMILES string of the molecule is CC(C)n1ccc(C(=O)N2CCCC(O)(Cn3ccnn3)C2)n1. The molecule has 3 heterocycles. The number of carbonyl (C=O) groups is 1. The van der Waals surface area contributed by atoms with E-state index in [1.54, 1.807) is 32.7 Å². The summed E-state index contributed by atoms with van der Waals surface area (Å²) in [6, 6.07) is 1.94. The van der Waals surface area contributed by atoms with Crippen molar-refractivity contribution in [3.8, 4) is 0 Å². The Labute approximate surface area is 134 Å². The molecule has 1 unspecified atom stereocenters. The maximum absolute atomic E-state index is 12.6. The summed E-state index contributed by atoms with van der Waals surface area (Å²) in [7, 11) is 0. The molecule has 1 aliphatic heterocycles. The summed E-state index contributed by atoms with van der Waals surface area (Å²) in [5.74, 6) is -0.138. The summed E-state index contributed by atoms with van der Waals surface area (Å²) < 4.78 is 3.36. The Morgan fingerprint density at radius 2 is 2.26 bits per heavy atom. The lowest BCUT2D eigenvalue weighted by atomic mass is 9.92. The summed E-state index contributed by atoms with van der Waals surface area (Å²) in [6.07, 6.45) is 6.49. The van der Waals surface area contributed by atoms with Gasteiger partial charge in [-0.1, -0.05) is 5.21 Å². The minimum atomic E-state index is -0.984. The summed E-state index contributed by atoms with van der Waals surface area (Å²) in [5.41, 5.74) is -0.564. The predicted molar refractivity (Wildman–Crippen MR) is 82.7 cm³/mol. The van der Waals surface area contributed by atoms with E-state index in [0.29, 0.717) is 25.2 Å². The van der Waals surface area contributed by atoms with Gasteiger partial charge < -0.3 is 10.0 Å². The van der Waals surface area contributed by atoms with E-state index in [1.807, 2.05) is 20.0 Å². The summed E-state index contributed by atoms with van der Waals surface area (Å²) in [5, 5.41) is 22.8. The molecule has 8 nitrogen and oxygen atoms in total. The monoisotopic (exact) mass is 318 g/mol. The Hall–Kier alpha value is -2.22. The number of hydrogen-bond donors (Lipinski definition) is 1. The van der Waals surface area contributed by atoms with E-state index in [-0.39, 0.29) is 18.5 Å². The van der Waals surface area contributed by atoms with Crippen molar-refractivity contribution in [2.75, 3.05) is 13.1 Å². The molecule has 1 saturated heterocycles. The number of amides is 1. The molecule has 0 aliphatic carbocycles. The van der Waals surface area contributed by atoms with Crippen molar-refractivity contribution in [3.63, 3.8) is 0 Å². The van der Waals surface area contributed by atoms with Gasteiger partial charge in [-0.25, -0.2) is 4.68 Å². The van der Waals surface area contributed by atoms with Crippen molar-refractivity contribution in [1.29, 1.82) is 0 Å². The highest BCUT2D eigenvalue weighted by Gasteiger charge is 2.36. The van der Waals surface area contributed by atoms with Gasteiger partial charge in [0.25, 0.3) is 5.91 Å². The highest BCUT2D eigenvalue weighted by molar-refractivity contribution is 5.92. The molecule has 1 amide bonds. The maximum atomic E-state index is 12.6. The fraction of sp³-hybridized carbons (Fsp3) is 0.600. The fourth-order valence-electron chi connectivity index (χ4n) is 2.94. The summed E-state index contributed by atoms with van der Waals surface area (Å²) in [6.45, 7) is 5.27. The smallest absolute Gasteiger partial charge is 0.274 e. The second-order valence-corrected chi connectivity index (χ2v) is 6.43. The van der Waals surface area contributed by atoms with Crippen LogP contribution in [-0.2, 0) is 6.54 Å². The third-order valence-electron chi connectivity index (χ3n) is 4.13. The lowest BCUT2D eigenvalue weighted by Gasteiger charge is -2.38. The van der Waals surface area contributed by atoms with Gasteiger partial charge in [0.1, 0.15) is 11.3 Å². The molecule has 2 aromatic heterocycles. The Kier molecular flexibility index (Phi) is 4.16. The summed E-state index contributed by atoms with van der Waals surface area (Å²) in [4.78, 5) is 14.3. The fourth-order valence-corrected chi connectivity index (χ4v) is 2.94. The minimum absolute atomic E-state index is 0.138. The van der Waals surface area contributed by atoms with Crippen LogP contribution in [0.25, 0.3) is 0 Å². The second kappa shape index (κ2) is 6.11. The van der Waals surface area contributed by atoms with Crippen molar-refractivity contribution in [2.24, 2.45) is 0 Å². The number of β-amino-alcohol motifs (C(OH)–C–C–N with tert-alkyl or cyclic N) is 1. The highest BCUT2D eigenvalue weighted by atomic mass is 16.3. The lowest BCUT2D eigenvalue weighted by Crippen LogP contribution is -2.52. The van der Waals surface area contributed by atoms with Crippen LogP contribution >= 0.6 is 0 Å². The van der Waals surface area contributed by atoms with Crippen LogP contribution in [0.3, 0.4) is 0 Å². The highest BCUT2D eigenvalue weighted by Crippen LogP contribution is 2.24. The number of carbonyl (C=O) groups excluding carboxylic acids is 1. The molecule has 2 aromatic rings. The zero-order chi connectivity index (χ0) is 16.4. The topological polar surface area (TPSA) is 89.1 Å². The number of nitrogens with zero attached hydrogens (tertiary/aromatic N) is 6. The van der Waals surface area contributed by atoms with Gasteiger partial charge >= 0.3 is 0 Å². The first-order valence-electron chi connectivity index (χ1n) is 7.88. The molecule has 1 atom stereocenters. The molecule has 0 spiro atoms. The molecule has 8 heteroatoms. The molecule has 0 saturated carbocycles. The van der Waals surface area contributed by atoms with Crippen LogP contribution in [0.1, 0.15) is 43.2 Å². The van der Waals surface area contributed by atoms with Crippen molar-refractivity contribution in [1.82, 2.24) is 29.7 Å². The maximum Gasteiger partial charge on any atom is 0.274 e. The van der Waals surface area contributed by atoms with E-state index in [9.17, 15) is 9.90 Å². The van der Waals surface area contributed by atoms with Crippen LogP contribution in [0.5, 0.6) is 0 Å². The van der Waals surface area contributed by atoms with Gasteiger partial charge in [-0.2, -0.15) is 5.10 Å². The number of likely N-dealkylation sites (tertiary alicyclic amines) is 1. The Morgan fingerprint density at radius 1 is 1.43 bits per heavy atom. The lowest BCUT2D eigenvalue weighted by molar-refractivity contribution is -0.0388. The van der Waals surface area contributed by atoms with Gasteiger partial charge in [0.15, 0.2) is 0 Å². The molecular weight excluding hydrogens is 296 g/mol. The molecule has 1 aliphatic rings. The van der Waals surface area contributed by atoms with Crippen LogP contribution in [0.15, 0.2) is 24.7 Å². The number of piperidine rings is 1. The zero-order valence-corrected chi connectivity index (χ0v) is 13.5. The molecular formula is C15H22N6O2. The summed E-state index contributed by atoms with van der Waals surface area (Å²) >= 11 is 0. The molecule has 23 heavy (non-hydrogen) atoms. The Balaban J connectivity index is 1.70. The van der Waals surface area contributed by atoms with Crippen LogP contribution in [0.4, 0.5) is 0 Å². The van der Waals surface area contributed by atoms with E-state index < -0.39 is 5.60 Å². The van der Waals surface area contributed by atoms with Crippen LogP contribution < -0.4 is 0 Å². The molecule has 1 N–H and O–H groups in total. The zero-order valence-electron chi connectivity index (χ0n) is 13.5. The minimum Gasteiger partial charge on any atom is -0.386 e. The van der Waals surface area contributed by atoms with Crippen LogP contribution in [0.2, 0.25) is 0 Å². The average molecular weight is 318 g/mol. The first kappa shape index (κ1) is 15.7. The average Bonchev–Trinajstić information content (AvgIpc) is 3.17. The molecule has 0 bridgehead atoms. The van der Waals surface area contributed by atoms with Crippen molar-refractivity contribution >= 4 is 5.91 Å². The molecule has 1 fully saturated rings. The number of aromatic nitrogens is 5. The van der Waals surface area contributed by atoms with Gasteiger partial charge in [0.05, 0.1) is 19.3 Å². The van der Waals surface area contributed by atoms with Gasteiger partial charge in [-0.3, -0.25) is 9.48 Å². The number of hydrogen-bond acceptors (Lipinski definition) is 5. The van der Waals surface area contributed by atoms with Crippen LogP contribution in [0, 0.1) is 0 Å². The largest absolute Gasteiger partial charge is 0.386 e.